The van der Waals surface area contributed by atoms with Gasteiger partial charge in [0.15, 0.2) is 0 Å². The van der Waals surface area contributed by atoms with E-state index >= 15 is 0 Å². The largest absolute Gasteiger partial charge is 0.469 e. The number of epoxide rings is 1. The number of esters is 1. The van der Waals surface area contributed by atoms with Crippen LogP contribution in [0, 0.1) is 0 Å². The molecule has 0 aliphatic carbocycles. The van der Waals surface area contributed by atoms with Gasteiger partial charge in [-0.3, -0.25) is 4.79 Å². The van der Waals surface area contributed by atoms with Crippen LogP contribution in [0.5, 0.6) is 0 Å². The number of hydrogen-bond acceptors (Lipinski definition) is 3. The van der Waals surface area contributed by atoms with Gasteiger partial charge in [0, 0.05) is 6.42 Å². The van der Waals surface area contributed by atoms with Gasteiger partial charge in [-0.2, -0.15) is 0 Å². The third-order valence-electron chi connectivity index (χ3n) is 4.29. The van der Waals surface area contributed by atoms with Crippen molar-refractivity contribution in [3.05, 3.63) is 12.2 Å². The topological polar surface area (TPSA) is 38.8 Å². The Morgan fingerprint density at radius 1 is 1.00 bits per heavy atom. The summed E-state index contributed by atoms with van der Waals surface area (Å²) in [6.07, 6.45) is 19.4. The van der Waals surface area contributed by atoms with Crippen LogP contribution >= 0.6 is 0 Å². The Morgan fingerprint density at radius 2 is 1.77 bits per heavy atom. The molecule has 0 aromatic carbocycles. The van der Waals surface area contributed by atoms with E-state index in [0.29, 0.717) is 18.6 Å². The zero-order valence-corrected chi connectivity index (χ0v) is 14.5. The van der Waals surface area contributed by atoms with E-state index in [0.717, 1.165) is 19.3 Å². The molecule has 2 atom stereocenters. The van der Waals surface area contributed by atoms with Crippen LogP contribution in [0.25, 0.3) is 0 Å². The summed E-state index contributed by atoms with van der Waals surface area (Å²) in [4.78, 5) is 10.9. The first-order valence-corrected chi connectivity index (χ1v) is 9.15. The number of rotatable bonds is 14. The van der Waals surface area contributed by atoms with Gasteiger partial charge < -0.3 is 9.47 Å². The quantitative estimate of drug-likeness (QED) is 0.146. The number of hydrogen-bond donors (Lipinski definition) is 0. The van der Waals surface area contributed by atoms with Crippen molar-refractivity contribution in [2.45, 2.75) is 96.2 Å². The molecule has 0 aromatic rings. The Balaban J connectivity index is 1.83. The van der Waals surface area contributed by atoms with Gasteiger partial charge in [-0.1, -0.05) is 57.6 Å². The van der Waals surface area contributed by atoms with Crippen molar-refractivity contribution in [2.24, 2.45) is 0 Å². The summed E-state index contributed by atoms with van der Waals surface area (Å²) in [6.45, 7) is 2.24. The van der Waals surface area contributed by atoms with E-state index in [1.807, 2.05) is 0 Å². The molecule has 1 heterocycles. The molecule has 3 nitrogen and oxygen atoms in total. The van der Waals surface area contributed by atoms with E-state index in [2.05, 4.69) is 23.8 Å². The lowest BCUT2D eigenvalue weighted by molar-refractivity contribution is -0.140. The molecular formula is C19H34O3. The van der Waals surface area contributed by atoms with Gasteiger partial charge in [0.05, 0.1) is 19.3 Å². The number of methoxy groups -OCH3 is 1. The third-order valence-corrected chi connectivity index (χ3v) is 4.29. The maximum absolute atomic E-state index is 10.9. The average Bonchev–Trinajstić information content (AvgIpc) is 3.28. The lowest BCUT2D eigenvalue weighted by Gasteiger charge is -2.00. The number of allylic oxidation sites excluding steroid dienone is 1. The molecular weight excluding hydrogens is 278 g/mol. The SMILES string of the molecule is CCCCC/C=C\CC1[18O]C1CCCCCCCC(=O)OC. The highest BCUT2D eigenvalue weighted by molar-refractivity contribution is 5.68. The molecule has 0 amide bonds. The van der Waals surface area contributed by atoms with Crippen LogP contribution in [-0.4, -0.2) is 25.3 Å². The van der Waals surface area contributed by atoms with E-state index < -0.39 is 0 Å². The van der Waals surface area contributed by atoms with Gasteiger partial charge >= 0.3 is 5.97 Å². The molecule has 0 saturated carbocycles. The number of unbranched alkanes of at least 4 members (excludes halogenated alkanes) is 7. The minimum absolute atomic E-state index is 0.0861. The normalized spacial score (nSPS) is 20.5. The Hall–Kier alpha value is -0.830. The Labute approximate surface area is 136 Å². The molecule has 3 heteroatoms. The predicted molar refractivity (Wildman–Crippen MR) is 90.9 cm³/mol. The molecule has 1 fully saturated rings. The molecule has 1 aliphatic rings. The van der Waals surface area contributed by atoms with Crippen LogP contribution in [-0.2, 0) is 14.3 Å². The molecule has 1 saturated heterocycles. The van der Waals surface area contributed by atoms with Crippen molar-refractivity contribution in [3.8, 4) is 0 Å². The summed E-state index contributed by atoms with van der Waals surface area (Å²) in [5, 5.41) is 0. The summed E-state index contributed by atoms with van der Waals surface area (Å²) in [5.41, 5.74) is 0. The van der Waals surface area contributed by atoms with E-state index in [9.17, 15) is 4.79 Å². The minimum Gasteiger partial charge on any atom is -0.469 e. The molecule has 0 radical (unpaired) electrons. The first-order valence-electron chi connectivity index (χ1n) is 9.15. The highest BCUT2D eigenvalue weighted by Crippen LogP contribution is 2.30. The van der Waals surface area contributed by atoms with Crippen LogP contribution in [0.3, 0.4) is 0 Å². The molecule has 0 N–H and O–H groups in total. The summed E-state index contributed by atoms with van der Waals surface area (Å²) in [6, 6.07) is 0. The van der Waals surface area contributed by atoms with E-state index in [1.165, 1.54) is 58.5 Å². The van der Waals surface area contributed by atoms with E-state index in [-0.39, 0.29) is 5.97 Å². The van der Waals surface area contributed by atoms with Gasteiger partial charge in [-0.25, -0.2) is 0 Å². The molecule has 0 aromatic heterocycles. The monoisotopic (exact) mass is 312 g/mol. The standard InChI is InChI=1S/C19H34O3/c1-3-4-5-6-8-11-14-17-18(22-17)15-12-9-7-10-13-16-19(20)21-2/h8,11,17-18H,3-7,9-10,12-16H2,1-2H3/b11-8-/i22+2. The van der Waals surface area contributed by atoms with E-state index in [4.69, 9.17) is 4.74 Å². The maximum Gasteiger partial charge on any atom is 0.305 e. The lowest BCUT2D eigenvalue weighted by atomic mass is 10.1. The van der Waals surface area contributed by atoms with Crippen molar-refractivity contribution < 1.29 is 14.3 Å². The van der Waals surface area contributed by atoms with Crippen molar-refractivity contribution in [3.63, 3.8) is 0 Å². The van der Waals surface area contributed by atoms with Gasteiger partial charge in [0.2, 0.25) is 0 Å². The molecule has 22 heavy (non-hydrogen) atoms. The Kier molecular flexibility index (Phi) is 11.1. The van der Waals surface area contributed by atoms with Crippen molar-refractivity contribution in [1.82, 2.24) is 0 Å². The van der Waals surface area contributed by atoms with Crippen LogP contribution in [0.4, 0.5) is 0 Å². The highest BCUT2D eigenvalue weighted by Gasteiger charge is 2.36. The smallest absolute Gasteiger partial charge is 0.305 e. The summed E-state index contributed by atoms with van der Waals surface area (Å²) in [7, 11) is 1.45. The highest BCUT2D eigenvalue weighted by atomic mass is 18.4. The first kappa shape index (κ1) is 19.2. The van der Waals surface area contributed by atoms with Gasteiger partial charge in [-0.05, 0) is 32.1 Å². The summed E-state index contributed by atoms with van der Waals surface area (Å²) >= 11 is 0. The van der Waals surface area contributed by atoms with Crippen LogP contribution < -0.4 is 0 Å². The second kappa shape index (κ2) is 12.7. The van der Waals surface area contributed by atoms with Gasteiger partial charge in [0.1, 0.15) is 0 Å². The number of carbonyl (C=O) groups is 1. The molecule has 0 bridgehead atoms. The Bertz CT molecular complexity index is 312. The van der Waals surface area contributed by atoms with Crippen LogP contribution in [0.2, 0.25) is 0 Å². The second-order valence-corrected chi connectivity index (χ2v) is 6.30. The maximum atomic E-state index is 10.9. The van der Waals surface area contributed by atoms with Gasteiger partial charge in [-0.15, -0.1) is 0 Å². The van der Waals surface area contributed by atoms with Crippen molar-refractivity contribution in [1.29, 1.82) is 0 Å². The summed E-state index contributed by atoms with van der Waals surface area (Å²) < 4.78 is 10.3. The number of carbonyl (C=O) groups excluding carboxylic acids is 1. The lowest BCUT2D eigenvalue weighted by Crippen LogP contribution is -1.99. The molecule has 1 rings (SSSR count). The molecule has 1 aliphatic heterocycles. The fraction of sp³-hybridized carbons (Fsp3) is 0.842. The fourth-order valence-corrected chi connectivity index (χ4v) is 2.75. The zero-order valence-electron chi connectivity index (χ0n) is 14.5. The number of ether oxygens (including phenoxy) is 2. The minimum atomic E-state index is -0.0861. The molecule has 0 spiro atoms. The van der Waals surface area contributed by atoms with Crippen LogP contribution in [0.1, 0.15) is 84.0 Å². The average molecular weight is 312 g/mol. The van der Waals surface area contributed by atoms with Crippen LogP contribution in [0.15, 0.2) is 12.2 Å². The third kappa shape index (κ3) is 9.99. The summed E-state index contributed by atoms with van der Waals surface area (Å²) in [5.74, 6) is -0.0861. The predicted octanol–water partition coefficient (Wildman–Crippen LogP) is 5.18. The zero-order chi connectivity index (χ0) is 16.0. The Morgan fingerprint density at radius 3 is 2.55 bits per heavy atom. The van der Waals surface area contributed by atoms with Crippen molar-refractivity contribution >= 4 is 5.97 Å². The fourth-order valence-electron chi connectivity index (χ4n) is 2.75. The second-order valence-electron chi connectivity index (χ2n) is 6.30. The van der Waals surface area contributed by atoms with Gasteiger partial charge in [0.25, 0.3) is 0 Å². The molecule has 2 unspecified atom stereocenters. The van der Waals surface area contributed by atoms with Crippen molar-refractivity contribution in [2.75, 3.05) is 7.11 Å². The van der Waals surface area contributed by atoms with E-state index in [1.54, 1.807) is 0 Å². The molecule has 128 valence electrons. The first-order chi connectivity index (χ1) is 10.8.